The number of benzene rings is 1. The standard InChI is InChI=1S/C11H14O3P/c1-11(2)8-10(13-15(12)14-11)9-6-4-3-5-7-9/h3-7,10H,8H2,1-2H3/q-1/t10-,15?/m1/s1. The Kier molecular flexibility index (Phi) is 3.08. The summed E-state index contributed by atoms with van der Waals surface area (Å²) in [5, 5.41) is 0. The minimum atomic E-state index is -1.99. The van der Waals surface area contributed by atoms with Gasteiger partial charge in [-0.15, -0.1) is 0 Å². The van der Waals surface area contributed by atoms with Gasteiger partial charge in [-0.05, 0) is 19.4 Å². The second kappa shape index (κ2) is 4.18. The third kappa shape index (κ3) is 2.76. The van der Waals surface area contributed by atoms with E-state index >= 15 is 0 Å². The van der Waals surface area contributed by atoms with Crippen LogP contribution in [-0.2, 0) is 9.05 Å². The van der Waals surface area contributed by atoms with Gasteiger partial charge < -0.3 is 13.9 Å². The Labute approximate surface area is 91.0 Å². The average molecular weight is 225 g/mol. The van der Waals surface area contributed by atoms with Crippen molar-refractivity contribution >= 4 is 8.60 Å². The molecule has 0 aliphatic carbocycles. The van der Waals surface area contributed by atoms with E-state index in [1.54, 1.807) is 0 Å². The third-order valence-corrected chi connectivity index (χ3v) is 3.45. The number of rotatable bonds is 1. The van der Waals surface area contributed by atoms with Crippen LogP contribution in [0.25, 0.3) is 0 Å². The van der Waals surface area contributed by atoms with Crippen LogP contribution in [0.2, 0.25) is 0 Å². The van der Waals surface area contributed by atoms with Gasteiger partial charge >= 0.3 is 0 Å². The Morgan fingerprint density at radius 3 is 2.60 bits per heavy atom. The Morgan fingerprint density at radius 1 is 1.33 bits per heavy atom. The van der Waals surface area contributed by atoms with Crippen LogP contribution < -0.4 is 4.89 Å². The lowest BCUT2D eigenvalue weighted by Gasteiger charge is -2.42. The largest absolute Gasteiger partial charge is 0.786 e. The molecule has 0 spiro atoms. The number of hydrogen-bond donors (Lipinski definition) is 0. The highest BCUT2D eigenvalue weighted by molar-refractivity contribution is 7.39. The van der Waals surface area contributed by atoms with Gasteiger partial charge in [0.1, 0.15) is 0 Å². The molecule has 0 saturated carbocycles. The van der Waals surface area contributed by atoms with Crippen molar-refractivity contribution in [1.82, 2.24) is 0 Å². The highest BCUT2D eigenvalue weighted by Crippen LogP contribution is 2.49. The second-order valence-corrected chi connectivity index (χ2v) is 5.12. The van der Waals surface area contributed by atoms with Crippen molar-refractivity contribution in [3.63, 3.8) is 0 Å². The van der Waals surface area contributed by atoms with Crippen LogP contribution in [0.1, 0.15) is 31.9 Å². The Balaban J connectivity index is 2.17. The lowest BCUT2D eigenvalue weighted by molar-refractivity contribution is -0.231. The summed E-state index contributed by atoms with van der Waals surface area (Å²) < 4.78 is 10.5. The molecule has 0 bridgehead atoms. The highest BCUT2D eigenvalue weighted by Gasteiger charge is 2.32. The predicted molar refractivity (Wildman–Crippen MR) is 57.0 cm³/mol. The predicted octanol–water partition coefficient (Wildman–Crippen LogP) is 2.53. The van der Waals surface area contributed by atoms with Crippen molar-refractivity contribution in [2.24, 2.45) is 0 Å². The molecule has 1 aromatic rings. The molecule has 1 saturated heterocycles. The molecule has 15 heavy (non-hydrogen) atoms. The van der Waals surface area contributed by atoms with E-state index in [0.717, 1.165) is 12.0 Å². The molecule has 1 aliphatic rings. The fourth-order valence-electron chi connectivity index (χ4n) is 1.69. The molecule has 0 N–H and O–H groups in total. The monoisotopic (exact) mass is 225 g/mol. The fourth-order valence-corrected chi connectivity index (χ4v) is 2.62. The normalized spacial score (nSPS) is 30.1. The lowest BCUT2D eigenvalue weighted by Crippen LogP contribution is -2.32. The maximum Gasteiger partial charge on any atom is 0.0909 e. The molecule has 3 nitrogen and oxygen atoms in total. The molecule has 0 aromatic heterocycles. The van der Waals surface area contributed by atoms with Crippen LogP contribution in [-0.4, -0.2) is 5.60 Å². The van der Waals surface area contributed by atoms with E-state index in [1.165, 1.54) is 0 Å². The first-order valence-electron chi connectivity index (χ1n) is 4.95. The molecular formula is C11H14O3P-. The van der Waals surface area contributed by atoms with Gasteiger partial charge in [0.2, 0.25) is 0 Å². The summed E-state index contributed by atoms with van der Waals surface area (Å²) in [5.41, 5.74) is 0.670. The quantitative estimate of drug-likeness (QED) is 0.689. The Morgan fingerprint density at radius 2 is 2.00 bits per heavy atom. The zero-order valence-corrected chi connectivity index (χ0v) is 9.74. The zero-order chi connectivity index (χ0) is 10.9. The first kappa shape index (κ1) is 11.0. The SMILES string of the molecule is CC1(C)C[C@H](c2ccccc2)OP([O-])O1. The summed E-state index contributed by atoms with van der Waals surface area (Å²) in [6.45, 7) is 3.86. The van der Waals surface area contributed by atoms with E-state index < -0.39 is 8.60 Å². The van der Waals surface area contributed by atoms with Crippen molar-refractivity contribution in [2.75, 3.05) is 0 Å². The van der Waals surface area contributed by atoms with Gasteiger partial charge in [0, 0.05) is 6.42 Å². The molecule has 1 heterocycles. The number of hydrogen-bond acceptors (Lipinski definition) is 3. The van der Waals surface area contributed by atoms with Gasteiger partial charge in [-0.2, -0.15) is 0 Å². The molecule has 1 aromatic carbocycles. The van der Waals surface area contributed by atoms with Gasteiger partial charge in [-0.25, -0.2) is 0 Å². The third-order valence-electron chi connectivity index (χ3n) is 2.38. The molecule has 0 amide bonds. The van der Waals surface area contributed by atoms with Gasteiger partial charge in [0.25, 0.3) is 0 Å². The first-order chi connectivity index (χ1) is 7.07. The van der Waals surface area contributed by atoms with Gasteiger partial charge in [0.15, 0.2) is 0 Å². The molecule has 2 rings (SSSR count). The summed E-state index contributed by atoms with van der Waals surface area (Å²) in [6, 6.07) is 9.82. The summed E-state index contributed by atoms with van der Waals surface area (Å²) in [7, 11) is -1.99. The topological polar surface area (TPSA) is 41.5 Å². The van der Waals surface area contributed by atoms with E-state index in [2.05, 4.69) is 0 Å². The first-order valence-corrected chi connectivity index (χ1v) is 6.04. The Hall–Kier alpha value is -0.470. The van der Waals surface area contributed by atoms with Crippen molar-refractivity contribution in [3.05, 3.63) is 35.9 Å². The highest BCUT2D eigenvalue weighted by atomic mass is 31.2. The van der Waals surface area contributed by atoms with Crippen LogP contribution in [0, 0.1) is 0 Å². The molecule has 4 heteroatoms. The van der Waals surface area contributed by atoms with Crippen LogP contribution in [0.15, 0.2) is 30.3 Å². The van der Waals surface area contributed by atoms with E-state index in [4.69, 9.17) is 9.05 Å². The summed E-state index contributed by atoms with van der Waals surface area (Å²) in [5.74, 6) is 0. The van der Waals surface area contributed by atoms with Crippen LogP contribution in [0.4, 0.5) is 0 Å². The van der Waals surface area contributed by atoms with E-state index in [1.807, 2.05) is 44.2 Å². The molecule has 1 fully saturated rings. The van der Waals surface area contributed by atoms with Crippen molar-refractivity contribution in [3.8, 4) is 0 Å². The van der Waals surface area contributed by atoms with Gasteiger partial charge in [-0.1, -0.05) is 30.3 Å². The van der Waals surface area contributed by atoms with E-state index in [0.29, 0.717) is 0 Å². The Bertz CT molecular complexity index is 326. The van der Waals surface area contributed by atoms with Gasteiger partial charge in [-0.3, -0.25) is 0 Å². The van der Waals surface area contributed by atoms with E-state index in [9.17, 15) is 4.89 Å². The zero-order valence-electron chi connectivity index (χ0n) is 8.84. The fraction of sp³-hybridized carbons (Fsp3) is 0.455. The molecule has 1 unspecified atom stereocenters. The van der Waals surface area contributed by atoms with Gasteiger partial charge in [0.05, 0.1) is 20.3 Å². The molecule has 1 aliphatic heterocycles. The summed E-state index contributed by atoms with van der Waals surface area (Å²) in [4.78, 5) is 11.4. The second-order valence-electron chi connectivity index (χ2n) is 4.28. The van der Waals surface area contributed by atoms with Crippen molar-refractivity contribution < 1.29 is 13.9 Å². The lowest BCUT2D eigenvalue weighted by atomic mass is 9.96. The average Bonchev–Trinajstić information content (AvgIpc) is 2.16. The van der Waals surface area contributed by atoms with Crippen LogP contribution in [0.5, 0.6) is 0 Å². The molecule has 82 valence electrons. The molecule has 2 atom stereocenters. The van der Waals surface area contributed by atoms with Crippen LogP contribution in [0.3, 0.4) is 0 Å². The smallest absolute Gasteiger partial charge is 0.0909 e. The summed E-state index contributed by atoms with van der Waals surface area (Å²) in [6.07, 6.45) is 0.594. The van der Waals surface area contributed by atoms with Crippen molar-refractivity contribution in [1.29, 1.82) is 0 Å². The van der Waals surface area contributed by atoms with Crippen molar-refractivity contribution in [2.45, 2.75) is 32.0 Å². The minimum absolute atomic E-state index is 0.126. The molecule has 0 radical (unpaired) electrons. The van der Waals surface area contributed by atoms with E-state index in [-0.39, 0.29) is 11.7 Å². The minimum Gasteiger partial charge on any atom is -0.786 e. The van der Waals surface area contributed by atoms with Crippen LogP contribution >= 0.6 is 8.60 Å². The molecular weight excluding hydrogens is 211 g/mol. The summed E-state index contributed by atoms with van der Waals surface area (Å²) >= 11 is 0. The maximum atomic E-state index is 11.4. The maximum absolute atomic E-state index is 11.4.